The Kier molecular flexibility index (Phi) is 3.59. The van der Waals surface area contributed by atoms with Crippen molar-refractivity contribution < 1.29 is 14.6 Å². The summed E-state index contributed by atoms with van der Waals surface area (Å²) in [6.07, 6.45) is 3.75. The van der Waals surface area contributed by atoms with Crippen molar-refractivity contribution in [1.82, 2.24) is 9.47 Å². The number of aliphatic hydroxyl groups excluding tert-OH is 1. The normalized spacial score (nSPS) is 35.5. The van der Waals surface area contributed by atoms with E-state index in [0.717, 1.165) is 19.4 Å². The molecule has 5 atom stereocenters. The highest BCUT2D eigenvalue weighted by Crippen LogP contribution is 2.60. The zero-order valence-electron chi connectivity index (χ0n) is 16.1. The quantitative estimate of drug-likeness (QED) is 0.656. The molecule has 5 heteroatoms. The SMILES string of the molecule is C/C=C1/CN2C3C[C@@H]1C(CO)(C(=O)OC)[C@@H]2Cc1c3n(C)c2ccccc12. The zero-order chi connectivity index (χ0) is 18.9. The van der Waals surface area contributed by atoms with E-state index in [2.05, 4.69) is 46.9 Å². The first-order valence-electron chi connectivity index (χ1n) is 9.74. The molecule has 5 heterocycles. The van der Waals surface area contributed by atoms with Gasteiger partial charge in [0.1, 0.15) is 5.41 Å². The zero-order valence-corrected chi connectivity index (χ0v) is 16.1. The van der Waals surface area contributed by atoms with Crippen molar-refractivity contribution in [3.63, 3.8) is 0 Å². The summed E-state index contributed by atoms with van der Waals surface area (Å²) in [6, 6.07) is 8.77. The second-order valence-corrected chi connectivity index (χ2v) is 8.19. The highest BCUT2D eigenvalue weighted by molar-refractivity contribution is 5.87. The Balaban J connectivity index is 1.76. The number of nitrogens with zero attached hydrogens (tertiary/aromatic N) is 2. The lowest BCUT2D eigenvalue weighted by molar-refractivity contribution is -0.183. The van der Waals surface area contributed by atoms with E-state index in [1.165, 1.54) is 34.8 Å². The van der Waals surface area contributed by atoms with Crippen LogP contribution in [0.5, 0.6) is 0 Å². The van der Waals surface area contributed by atoms with Crippen LogP contribution in [0, 0.1) is 11.3 Å². The number of hydrogen-bond donors (Lipinski definition) is 1. The van der Waals surface area contributed by atoms with Gasteiger partial charge in [0, 0.05) is 42.1 Å². The predicted octanol–water partition coefficient (Wildman–Crippen LogP) is 2.58. The molecule has 1 aromatic carbocycles. The molecular formula is C22H26N2O3. The molecule has 0 amide bonds. The summed E-state index contributed by atoms with van der Waals surface area (Å²) in [5, 5.41) is 11.8. The van der Waals surface area contributed by atoms with Crippen molar-refractivity contribution in [3.05, 3.63) is 47.2 Å². The Morgan fingerprint density at radius 2 is 2.19 bits per heavy atom. The topological polar surface area (TPSA) is 54.7 Å². The number of esters is 1. The van der Waals surface area contributed by atoms with Gasteiger partial charge in [-0.05, 0) is 31.4 Å². The third-order valence-electron chi connectivity index (χ3n) is 7.46. The second kappa shape index (κ2) is 5.69. The van der Waals surface area contributed by atoms with Gasteiger partial charge in [-0.2, -0.15) is 0 Å². The maximum Gasteiger partial charge on any atom is 0.316 e. The number of aliphatic hydroxyl groups is 1. The molecule has 6 rings (SSSR count). The lowest BCUT2D eigenvalue weighted by Crippen LogP contribution is -2.69. The average molecular weight is 366 g/mol. The van der Waals surface area contributed by atoms with E-state index >= 15 is 0 Å². The maximum atomic E-state index is 13.0. The minimum absolute atomic E-state index is 0.0271. The largest absolute Gasteiger partial charge is 0.468 e. The van der Waals surface area contributed by atoms with E-state index in [1.807, 2.05) is 6.92 Å². The molecular weight excluding hydrogens is 340 g/mol. The Hall–Kier alpha value is -2.11. The maximum absolute atomic E-state index is 13.0. The number of para-hydroxylation sites is 1. The van der Waals surface area contributed by atoms with Crippen LogP contribution >= 0.6 is 0 Å². The molecule has 1 N–H and O–H groups in total. The molecule has 1 aromatic heterocycles. The molecule has 5 nitrogen and oxygen atoms in total. The molecule has 3 unspecified atom stereocenters. The fourth-order valence-corrected chi connectivity index (χ4v) is 6.27. The van der Waals surface area contributed by atoms with Crippen molar-refractivity contribution in [2.75, 3.05) is 20.3 Å². The van der Waals surface area contributed by atoms with Gasteiger partial charge in [0.15, 0.2) is 0 Å². The van der Waals surface area contributed by atoms with E-state index < -0.39 is 5.41 Å². The Morgan fingerprint density at radius 1 is 1.41 bits per heavy atom. The summed E-state index contributed by atoms with van der Waals surface area (Å²) < 4.78 is 7.58. The third-order valence-corrected chi connectivity index (χ3v) is 7.46. The molecule has 3 saturated heterocycles. The number of ether oxygens (including phenoxy) is 1. The number of hydrogen-bond acceptors (Lipinski definition) is 4. The first-order valence-corrected chi connectivity index (χ1v) is 9.74. The van der Waals surface area contributed by atoms with Crippen LogP contribution in [-0.2, 0) is 23.0 Å². The number of piperidine rings is 3. The predicted molar refractivity (Wildman–Crippen MR) is 103 cm³/mol. The van der Waals surface area contributed by atoms with Crippen LogP contribution in [0.3, 0.4) is 0 Å². The lowest BCUT2D eigenvalue weighted by atomic mass is 9.55. The summed E-state index contributed by atoms with van der Waals surface area (Å²) in [5.74, 6) is -0.239. The molecule has 4 aliphatic rings. The average Bonchev–Trinajstić information content (AvgIpc) is 3.00. The van der Waals surface area contributed by atoms with Crippen LogP contribution < -0.4 is 0 Å². The molecule has 2 aromatic rings. The van der Waals surface area contributed by atoms with E-state index in [0.29, 0.717) is 0 Å². The minimum Gasteiger partial charge on any atom is -0.468 e. The van der Waals surface area contributed by atoms with Crippen molar-refractivity contribution in [3.8, 4) is 0 Å². The highest BCUT2D eigenvalue weighted by atomic mass is 16.5. The van der Waals surface area contributed by atoms with Gasteiger partial charge in [-0.25, -0.2) is 0 Å². The standard InChI is InChI=1S/C22H26N2O3/c1-4-13-11-24-18-10-16(13)22(12-25,21(26)27-3)19(24)9-15-14-7-5-6-8-17(14)23(2)20(15)18/h4-8,16,18-19,25H,9-12H2,1-3H3/b13-4-/t16-,18?,19-,22?/m0/s1. The molecule has 0 spiro atoms. The van der Waals surface area contributed by atoms with Crippen molar-refractivity contribution in [1.29, 1.82) is 0 Å². The number of carbonyl (C=O) groups excluding carboxylic acids is 1. The number of rotatable bonds is 2. The Morgan fingerprint density at radius 3 is 2.89 bits per heavy atom. The number of benzene rings is 1. The van der Waals surface area contributed by atoms with Crippen LogP contribution in [0.2, 0.25) is 0 Å². The van der Waals surface area contributed by atoms with Gasteiger partial charge in [-0.3, -0.25) is 9.69 Å². The summed E-state index contributed by atoms with van der Waals surface area (Å²) in [5.41, 5.74) is 4.34. The van der Waals surface area contributed by atoms with Crippen LogP contribution in [0.4, 0.5) is 0 Å². The summed E-state index contributed by atoms with van der Waals surface area (Å²) in [6.45, 7) is 2.74. The first kappa shape index (κ1) is 17.0. The molecule has 0 radical (unpaired) electrons. The van der Waals surface area contributed by atoms with Crippen LogP contribution in [0.25, 0.3) is 10.9 Å². The third kappa shape index (κ3) is 1.89. The van der Waals surface area contributed by atoms with E-state index in [-0.39, 0.29) is 30.6 Å². The van der Waals surface area contributed by atoms with Crippen molar-refractivity contribution in [2.24, 2.45) is 18.4 Å². The number of aromatic nitrogens is 1. The molecule has 0 aliphatic carbocycles. The van der Waals surface area contributed by atoms with E-state index in [1.54, 1.807) is 0 Å². The molecule has 0 saturated carbocycles. The molecule has 3 fully saturated rings. The van der Waals surface area contributed by atoms with Gasteiger partial charge >= 0.3 is 5.97 Å². The van der Waals surface area contributed by atoms with Crippen LogP contribution in [0.1, 0.15) is 30.6 Å². The van der Waals surface area contributed by atoms with Gasteiger partial charge in [0.05, 0.1) is 19.8 Å². The fourth-order valence-electron chi connectivity index (χ4n) is 6.27. The molecule has 27 heavy (non-hydrogen) atoms. The Bertz CT molecular complexity index is 975. The van der Waals surface area contributed by atoms with Gasteiger partial charge in [-0.15, -0.1) is 0 Å². The second-order valence-electron chi connectivity index (χ2n) is 8.19. The summed E-state index contributed by atoms with van der Waals surface area (Å²) >= 11 is 0. The van der Waals surface area contributed by atoms with Gasteiger partial charge in [-0.1, -0.05) is 29.8 Å². The number of methoxy groups -OCH3 is 1. The first-order chi connectivity index (χ1) is 13.1. The molecule has 4 bridgehead atoms. The van der Waals surface area contributed by atoms with Crippen molar-refractivity contribution in [2.45, 2.75) is 31.8 Å². The fraction of sp³-hybridized carbons (Fsp3) is 0.500. The number of allylic oxidation sites excluding steroid dienone is 1. The van der Waals surface area contributed by atoms with Crippen LogP contribution in [-0.4, -0.2) is 46.8 Å². The lowest BCUT2D eigenvalue weighted by Gasteiger charge is -2.62. The smallest absolute Gasteiger partial charge is 0.316 e. The minimum atomic E-state index is -0.875. The molecule has 4 aliphatic heterocycles. The number of fused-ring (bicyclic) bond motifs is 4. The van der Waals surface area contributed by atoms with E-state index in [4.69, 9.17) is 4.74 Å². The van der Waals surface area contributed by atoms with Gasteiger partial charge < -0.3 is 14.4 Å². The highest BCUT2D eigenvalue weighted by Gasteiger charge is 2.65. The summed E-state index contributed by atoms with van der Waals surface area (Å²) in [7, 11) is 3.59. The van der Waals surface area contributed by atoms with Crippen molar-refractivity contribution >= 4 is 16.9 Å². The summed E-state index contributed by atoms with van der Waals surface area (Å²) in [4.78, 5) is 15.5. The van der Waals surface area contributed by atoms with Gasteiger partial charge in [0.2, 0.25) is 0 Å². The number of carbonyl (C=O) groups is 1. The van der Waals surface area contributed by atoms with E-state index in [9.17, 15) is 9.90 Å². The number of aryl methyl sites for hydroxylation is 1. The molecule has 142 valence electrons. The van der Waals surface area contributed by atoms with Crippen LogP contribution in [0.15, 0.2) is 35.9 Å². The monoisotopic (exact) mass is 366 g/mol. The Labute approximate surface area is 159 Å². The van der Waals surface area contributed by atoms with Gasteiger partial charge in [0.25, 0.3) is 0 Å².